The summed E-state index contributed by atoms with van der Waals surface area (Å²) < 4.78 is 10.4. The molecule has 0 N–H and O–H groups in total. The van der Waals surface area contributed by atoms with E-state index in [1.54, 1.807) is 14.2 Å². The number of aliphatic imine (C=N–C) groups is 2. The van der Waals surface area contributed by atoms with Crippen molar-refractivity contribution in [3.05, 3.63) is 0 Å². The normalized spacial score (nSPS) is 27.0. The predicted octanol–water partition coefficient (Wildman–Crippen LogP) is 1.50. The van der Waals surface area contributed by atoms with E-state index in [9.17, 15) is 0 Å². The lowest BCUT2D eigenvalue weighted by molar-refractivity contribution is 0.335. The molecule has 14 heavy (non-hydrogen) atoms. The SMILES string of the molecule is COC1=N[C@H](C)C(OC)=NC1C(C)C. The van der Waals surface area contributed by atoms with E-state index < -0.39 is 0 Å². The summed E-state index contributed by atoms with van der Waals surface area (Å²) in [5.41, 5.74) is 0. The van der Waals surface area contributed by atoms with Gasteiger partial charge in [0.2, 0.25) is 11.8 Å². The standard InChI is InChI=1S/C10H18N2O2/c1-6(2)8-10(14-5)11-7(3)9(12-8)13-4/h6-8H,1-5H3/t7-,8?/m1/s1. The molecular weight excluding hydrogens is 180 g/mol. The third-order valence-electron chi connectivity index (χ3n) is 2.25. The molecule has 0 aromatic heterocycles. The summed E-state index contributed by atoms with van der Waals surface area (Å²) in [7, 11) is 3.26. The van der Waals surface area contributed by atoms with E-state index in [-0.39, 0.29) is 12.1 Å². The van der Waals surface area contributed by atoms with E-state index in [4.69, 9.17) is 9.47 Å². The molecule has 0 radical (unpaired) electrons. The molecule has 1 heterocycles. The Kier molecular flexibility index (Phi) is 3.49. The number of methoxy groups -OCH3 is 2. The highest BCUT2D eigenvalue weighted by Gasteiger charge is 2.28. The summed E-state index contributed by atoms with van der Waals surface area (Å²) in [4.78, 5) is 8.87. The lowest BCUT2D eigenvalue weighted by Gasteiger charge is -2.25. The fourth-order valence-corrected chi connectivity index (χ4v) is 1.45. The number of rotatable bonds is 1. The number of nitrogens with zero attached hydrogens (tertiary/aromatic N) is 2. The fourth-order valence-electron chi connectivity index (χ4n) is 1.45. The van der Waals surface area contributed by atoms with Gasteiger partial charge in [0, 0.05) is 0 Å². The molecule has 2 atom stereocenters. The molecule has 1 unspecified atom stereocenters. The molecule has 0 saturated carbocycles. The van der Waals surface area contributed by atoms with Crippen molar-refractivity contribution in [2.45, 2.75) is 32.9 Å². The van der Waals surface area contributed by atoms with Crippen LogP contribution >= 0.6 is 0 Å². The lowest BCUT2D eigenvalue weighted by Crippen LogP contribution is -2.36. The Labute approximate surface area is 85.0 Å². The second-order valence-electron chi connectivity index (χ2n) is 3.71. The number of hydrogen-bond acceptors (Lipinski definition) is 4. The van der Waals surface area contributed by atoms with E-state index in [0.717, 1.165) is 0 Å². The molecule has 1 aliphatic rings. The van der Waals surface area contributed by atoms with Crippen LogP contribution in [-0.4, -0.2) is 38.1 Å². The number of hydrogen-bond donors (Lipinski definition) is 0. The quantitative estimate of drug-likeness (QED) is 0.641. The molecule has 1 aliphatic heterocycles. The smallest absolute Gasteiger partial charge is 0.209 e. The Morgan fingerprint density at radius 1 is 1.07 bits per heavy atom. The Morgan fingerprint density at radius 2 is 1.64 bits per heavy atom. The van der Waals surface area contributed by atoms with Gasteiger partial charge in [-0.1, -0.05) is 13.8 Å². The van der Waals surface area contributed by atoms with Gasteiger partial charge in [-0.15, -0.1) is 0 Å². The van der Waals surface area contributed by atoms with Crippen LogP contribution < -0.4 is 0 Å². The van der Waals surface area contributed by atoms with Crippen molar-refractivity contribution >= 4 is 11.8 Å². The highest BCUT2D eigenvalue weighted by molar-refractivity contribution is 5.93. The summed E-state index contributed by atoms with van der Waals surface area (Å²) in [5, 5.41) is 0. The van der Waals surface area contributed by atoms with Gasteiger partial charge >= 0.3 is 0 Å². The van der Waals surface area contributed by atoms with E-state index >= 15 is 0 Å². The first kappa shape index (κ1) is 11.0. The minimum atomic E-state index is -0.0371. The van der Waals surface area contributed by atoms with Crippen molar-refractivity contribution in [3.63, 3.8) is 0 Å². The van der Waals surface area contributed by atoms with Crippen LogP contribution in [0.2, 0.25) is 0 Å². The molecule has 0 saturated heterocycles. The van der Waals surface area contributed by atoms with Crippen molar-refractivity contribution in [2.24, 2.45) is 15.9 Å². The van der Waals surface area contributed by atoms with Gasteiger partial charge in [-0.25, -0.2) is 9.98 Å². The van der Waals surface area contributed by atoms with E-state index in [1.807, 2.05) is 6.92 Å². The van der Waals surface area contributed by atoms with Gasteiger partial charge < -0.3 is 9.47 Å². The average Bonchev–Trinajstić information content (AvgIpc) is 2.16. The van der Waals surface area contributed by atoms with Crippen molar-refractivity contribution in [3.8, 4) is 0 Å². The van der Waals surface area contributed by atoms with Crippen LogP contribution in [-0.2, 0) is 9.47 Å². The van der Waals surface area contributed by atoms with Crippen molar-refractivity contribution in [1.29, 1.82) is 0 Å². The Bertz CT molecular complexity index is 259. The molecular formula is C10H18N2O2. The minimum Gasteiger partial charge on any atom is -0.483 e. The molecule has 1 rings (SSSR count). The second-order valence-corrected chi connectivity index (χ2v) is 3.71. The zero-order valence-corrected chi connectivity index (χ0v) is 9.44. The molecule has 0 bridgehead atoms. The fraction of sp³-hybridized carbons (Fsp3) is 0.800. The summed E-state index contributed by atoms with van der Waals surface area (Å²) in [6, 6.07) is -0.0453. The third kappa shape index (κ3) is 2.05. The largest absolute Gasteiger partial charge is 0.483 e. The van der Waals surface area contributed by atoms with Gasteiger partial charge in [0.1, 0.15) is 12.1 Å². The predicted molar refractivity (Wildman–Crippen MR) is 57.0 cm³/mol. The summed E-state index contributed by atoms with van der Waals surface area (Å²) >= 11 is 0. The molecule has 80 valence electrons. The van der Waals surface area contributed by atoms with Crippen LogP contribution in [0.5, 0.6) is 0 Å². The highest BCUT2D eigenvalue weighted by Crippen LogP contribution is 2.16. The van der Waals surface area contributed by atoms with Crippen LogP contribution in [0.1, 0.15) is 20.8 Å². The summed E-state index contributed by atoms with van der Waals surface area (Å²) in [6.07, 6.45) is 0. The highest BCUT2D eigenvalue weighted by atomic mass is 16.5. The first-order valence-electron chi connectivity index (χ1n) is 4.83. The first-order valence-corrected chi connectivity index (χ1v) is 4.83. The van der Waals surface area contributed by atoms with Crippen LogP contribution in [0.15, 0.2) is 9.98 Å². The van der Waals surface area contributed by atoms with Crippen LogP contribution in [0.4, 0.5) is 0 Å². The molecule has 0 fully saturated rings. The number of ether oxygens (including phenoxy) is 2. The van der Waals surface area contributed by atoms with Crippen molar-refractivity contribution in [2.75, 3.05) is 14.2 Å². The molecule has 4 nitrogen and oxygen atoms in total. The van der Waals surface area contributed by atoms with Gasteiger partial charge in [-0.3, -0.25) is 0 Å². The van der Waals surface area contributed by atoms with Crippen LogP contribution in [0.3, 0.4) is 0 Å². The van der Waals surface area contributed by atoms with E-state index in [1.165, 1.54) is 0 Å². The van der Waals surface area contributed by atoms with E-state index in [0.29, 0.717) is 17.7 Å². The molecule has 0 spiro atoms. The zero-order chi connectivity index (χ0) is 10.7. The van der Waals surface area contributed by atoms with Crippen LogP contribution in [0, 0.1) is 5.92 Å². The van der Waals surface area contributed by atoms with Gasteiger partial charge in [0.15, 0.2) is 0 Å². The zero-order valence-electron chi connectivity index (χ0n) is 9.44. The Balaban J connectivity index is 2.91. The lowest BCUT2D eigenvalue weighted by atomic mass is 10.0. The van der Waals surface area contributed by atoms with Crippen LogP contribution in [0.25, 0.3) is 0 Å². The van der Waals surface area contributed by atoms with Gasteiger partial charge in [0.25, 0.3) is 0 Å². The first-order chi connectivity index (χ1) is 6.60. The maximum atomic E-state index is 5.22. The average molecular weight is 198 g/mol. The molecule has 0 aromatic rings. The van der Waals surface area contributed by atoms with Gasteiger partial charge in [-0.05, 0) is 12.8 Å². The molecule has 4 heteroatoms. The Morgan fingerprint density at radius 3 is 2.07 bits per heavy atom. The van der Waals surface area contributed by atoms with Gasteiger partial charge in [-0.2, -0.15) is 0 Å². The van der Waals surface area contributed by atoms with Crippen molar-refractivity contribution in [1.82, 2.24) is 0 Å². The topological polar surface area (TPSA) is 43.2 Å². The van der Waals surface area contributed by atoms with Gasteiger partial charge in [0.05, 0.1) is 14.2 Å². The Hall–Kier alpha value is -1.06. The minimum absolute atomic E-state index is 0.00819. The van der Waals surface area contributed by atoms with Crippen molar-refractivity contribution < 1.29 is 9.47 Å². The maximum Gasteiger partial charge on any atom is 0.209 e. The summed E-state index contributed by atoms with van der Waals surface area (Å²) in [5.74, 6) is 1.75. The molecule has 0 aliphatic carbocycles. The monoisotopic (exact) mass is 198 g/mol. The molecule has 0 aromatic carbocycles. The maximum absolute atomic E-state index is 5.22. The summed E-state index contributed by atoms with van der Waals surface area (Å²) in [6.45, 7) is 6.12. The molecule has 0 amide bonds. The van der Waals surface area contributed by atoms with E-state index in [2.05, 4.69) is 23.8 Å². The third-order valence-corrected chi connectivity index (χ3v) is 2.25. The second kappa shape index (κ2) is 4.44.